The Morgan fingerprint density at radius 3 is 2.03 bits per heavy atom. The summed E-state index contributed by atoms with van der Waals surface area (Å²) in [5.74, 6) is 0.850. The Morgan fingerprint density at radius 2 is 1.21 bits per heavy atom. The van der Waals surface area contributed by atoms with E-state index in [0.717, 1.165) is 66.5 Å². The highest BCUT2D eigenvalue weighted by Gasteiger charge is 2.22. The number of pyridine rings is 3. The van der Waals surface area contributed by atoms with Gasteiger partial charge in [0.1, 0.15) is 5.82 Å². The number of aromatic nitrogens is 5. The number of rotatable bonds is 3. The van der Waals surface area contributed by atoms with Gasteiger partial charge in [0, 0.05) is 40.6 Å². The van der Waals surface area contributed by atoms with Crippen molar-refractivity contribution in [3.8, 4) is 22.6 Å². The molecule has 38 heavy (non-hydrogen) atoms. The second-order valence-electron chi connectivity index (χ2n) is 9.38. The van der Waals surface area contributed by atoms with Crippen LogP contribution in [0, 0.1) is 0 Å². The average Bonchev–Trinajstić information content (AvgIpc) is 3.51. The van der Waals surface area contributed by atoms with Crippen LogP contribution in [0.2, 0.25) is 0 Å². The van der Waals surface area contributed by atoms with Crippen LogP contribution >= 0.6 is 0 Å². The quantitative estimate of drug-likeness (QED) is 0.256. The van der Waals surface area contributed by atoms with Crippen molar-refractivity contribution in [1.82, 2.24) is 24.1 Å². The maximum absolute atomic E-state index is 5.00. The van der Waals surface area contributed by atoms with Crippen LogP contribution in [0.5, 0.6) is 0 Å². The largest absolute Gasteiger partial charge is 0.305 e. The van der Waals surface area contributed by atoms with Crippen LogP contribution < -0.4 is 0 Å². The summed E-state index contributed by atoms with van der Waals surface area (Å²) in [6.07, 6.45) is 5.77. The van der Waals surface area contributed by atoms with Crippen LogP contribution in [-0.4, -0.2) is 24.1 Å². The standard InChI is InChI=1S/C33H21N5/c1-3-10-22(11-4-1)23-17-18-29(35-20-23)38-27-15-8-7-14-25(27)31-33(38)32-26(21-36-31)30-28(16-9-19-34-30)37(32)24-12-5-2-6-13-24/h1-21H. The molecular formula is C33H21N5. The average molecular weight is 488 g/mol. The Balaban J connectivity index is 1.52. The maximum atomic E-state index is 5.00. The van der Waals surface area contributed by atoms with Crippen LogP contribution in [0.25, 0.3) is 66.5 Å². The molecule has 8 rings (SSSR count). The zero-order valence-electron chi connectivity index (χ0n) is 20.4. The molecule has 0 aliphatic heterocycles. The van der Waals surface area contributed by atoms with Gasteiger partial charge in [0.2, 0.25) is 0 Å². The molecule has 0 saturated carbocycles. The van der Waals surface area contributed by atoms with E-state index in [9.17, 15) is 0 Å². The summed E-state index contributed by atoms with van der Waals surface area (Å²) in [7, 11) is 0. The first-order chi connectivity index (χ1) is 18.9. The molecule has 8 aromatic rings. The van der Waals surface area contributed by atoms with Gasteiger partial charge in [-0.2, -0.15) is 0 Å². The van der Waals surface area contributed by atoms with E-state index >= 15 is 0 Å². The fraction of sp³-hybridized carbons (Fsp3) is 0. The molecular weight excluding hydrogens is 466 g/mol. The molecule has 5 heterocycles. The second-order valence-corrected chi connectivity index (χ2v) is 9.38. The molecule has 0 saturated heterocycles. The zero-order valence-corrected chi connectivity index (χ0v) is 20.4. The van der Waals surface area contributed by atoms with Crippen molar-refractivity contribution >= 4 is 43.9 Å². The summed E-state index contributed by atoms with van der Waals surface area (Å²) in [5.41, 5.74) is 9.40. The van der Waals surface area contributed by atoms with E-state index < -0.39 is 0 Å². The molecule has 0 amide bonds. The number of hydrogen-bond donors (Lipinski definition) is 0. The summed E-state index contributed by atoms with van der Waals surface area (Å²) in [6, 6.07) is 37.6. The van der Waals surface area contributed by atoms with Gasteiger partial charge in [0.15, 0.2) is 0 Å². The van der Waals surface area contributed by atoms with Crippen molar-refractivity contribution in [2.24, 2.45) is 0 Å². The number of nitrogens with zero attached hydrogens (tertiary/aromatic N) is 5. The lowest BCUT2D eigenvalue weighted by Gasteiger charge is -2.12. The summed E-state index contributed by atoms with van der Waals surface area (Å²) >= 11 is 0. The Labute approximate surface area is 218 Å². The van der Waals surface area contributed by atoms with Gasteiger partial charge in [0.25, 0.3) is 0 Å². The molecule has 0 atom stereocenters. The third-order valence-electron chi connectivity index (χ3n) is 7.25. The summed E-state index contributed by atoms with van der Waals surface area (Å²) in [5, 5.41) is 2.11. The number of hydrogen-bond acceptors (Lipinski definition) is 3. The van der Waals surface area contributed by atoms with Gasteiger partial charge in [-0.15, -0.1) is 0 Å². The predicted molar refractivity (Wildman–Crippen MR) is 154 cm³/mol. The van der Waals surface area contributed by atoms with Crippen molar-refractivity contribution < 1.29 is 0 Å². The van der Waals surface area contributed by atoms with E-state index in [1.165, 1.54) is 0 Å². The minimum absolute atomic E-state index is 0.850. The molecule has 0 aliphatic carbocycles. The van der Waals surface area contributed by atoms with E-state index in [1.54, 1.807) is 0 Å². The van der Waals surface area contributed by atoms with Gasteiger partial charge in [0.05, 0.1) is 33.1 Å². The van der Waals surface area contributed by atoms with Gasteiger partial charge in [-0.05, 0) is 48.0 Å². The van der Waals surface area contributed by atoms with E-state index in [-0.39, 0.29) is 0 Å². The van der Waals surface area contributed by atoms with Gasteiger partial charge in [-0.1, -0.05) is 66.7 Å². The lowest BCUT2D eigenvalue weighted by atomic mass is 10.1. The van der Waals surface area contributed by atoms with Crippen molar-refractivity contribution in [3.05, 3.63) is 128 Å². The minimum atomic E-state index is 0.850. The first-order valence-corrected chi connectivity index (χ1v) is 12.6. The third kappa shape index (κ3) is 2.96. The van der Waals surface area contributed by atoms with Crippen molar-refractivity contribution in [3.63, 3.8) is 0 Å². The zero-order chi connectivity index (χ0) is 25.1. The van der Waals surface area contributed by atoms with Crippen molar-refractivity contribution in [2.45, 2.75) is 0 Å². The molecule has 3 aromatic carbocycles. The van der Waals surface area contributed by atoms with E-state index in [2.05, 4.69) is 100 Å². The fourth-order valence-corrected chi connectivity index (χ4v) is 5.60. The first kappa shape index (κ1) is 20.9. The summed E-state index contributed by atoms with van der Waals surface area (Å²) in [6.45, 7) is 0. The highest BCUT2D eigenvalue weighted by molar-refractivity contribution is 6.21. The van der Waals surface area contributed by atoms with Gasteiger partial charge in [-0.3, -0.25) is 14.5 Å². The Bertz CT molecular complexity index is 2110. The number of benzene rings is 3. The Morgan fingerprint density at radius 1 is 0.447 bits per heavy atom. The molecule has 0 N–H and O–H groups in total. The number of fused-ring (bicyclic) bond motifs is 7. The minimum Gasteiger partial charge on any atom is -0.305 e. The van der Waals surface area contributed by atoms with Crippen LogP contribution in [-0.2, 0) is 0 Å². The topological polar surface area (TPSA) is 48.5 Å². The van der Waals surface area contributed by atoms with E-state index in [0.29, 0.717) is 0 Å². The number of para-hydroxylation sites is 2. The lowest BCUT2D eigenvalue weighted by Crippen LogP contribution is -2.00. The highest BCUT2D eigenvalue weighted by Crippen LogP contribution is 2.39. The van der Waals surface area contributed by atoms with Crippen LogP contribution in [0.4, 0.5) is 0 Å². The Hall–Kier alpha value is -5.29. The maximum Gasteiger partial charge on any atom is 0.137 e. The van der Waals surface area contributed by atoms with E-state index in [4.69, 9.17) is 15.0 Å². The molecule has 0 aliphatic rings. The SMILES string of the molecule is c1ccc(-c2ccc(-n3c4ccccc4c4ncc5c6ncccc6n(-c6ccccc6)c5c43)nc2)cc1. The first-order valence-electron chi connectivity index (χ1n) is 12.6. The molecule has 5 heteroatoms. The predicted octanol–water partition coefficient (Wildman–Crippen LogP) is 7.73. The highest BCUT2D eigenvalue weighted by atomic mass is 15.1. The molecule has 5 nitrogen and oxygen atoms in total. The van der Waals surface area contributed by atoms with E-state index in [1.807, 2.05) is 36.8 Å². The smallest absolute Gasteiger partial charge is 0.137 e. The van der Waals surface area contributed by atoms with Crippen molar-refractivity contribution in [1.29, 1.82) is 0 Å². The molecule has 5 aromatic heterocycles. The summed E-state index contributed by atoms with van der Waals surface area (Å²) < 4.78 is 4.54. The van der Waals surface area contributed by atoms with Crippen LogP contribution in [0.15, 0.2) is 128 Å². The lowest BCUT2D eigenvalue weighted by molar-refractivity contribution is 1.07. The monoisotopic (exact) mass is 487 g/mol. The molecule has 0 bridgehead atoms. The Kier molecular flexibility index (Phi) is 4.45. The fourth-order valence-electron chi connectivity index (χ4n) is 5.60. The molecule has 0 radical (unpaired) electrons. The normalized spacial score (nSPS) is 11.7. The van der Waals surface area contributed by atoms with Crippen LogP contribution in [0.3, 0.4) is 0 Å². The molecule has 0 fully saturated rings. The second kappa shape index (κ2) is 8.11. The van der Waals surface area contributed by atoms with Crippen molar-refractivity contribution in [2.75, 3.05) is 0 Å². The molecule has 0 unspecified atom stereocenters. The van der Waals surface area contributed by atoms with Gasteiger partial charge >= 0.3 is 0 Å². The summed E-state index contributed by atoms with van der Waals surface area (Å²) in [4.78, 5) is 14.8. The van der Waals surface area contributed by atoms with Crippen LogP contribution in [0.1, 0.15) is 0 Å². The van der Waals surface area contributed by atoms with Gasteiger partial charge in [-0.25, -0.2) is 4.98 Å². The van der Waals surface area contributed by atoms with Gasteiger partial charge < -0.3 is 4.57 Å². The third-order valence-corrected chi connectivity index (χ3v) is 7.25. The molecule has 178 valence electrons. The molecule has 0 spiro atoms.